The first-order valence-electron chi connectivity index (χ1n) is 11.9. The number of fused-ring (bicyclic) bond motifs is 1. The van der Waals surface area contributed by atoms with Crippen molar-refractivity contribution < 1.29 is 0 Å². The molecule has 0 radical (unpaired) electrons. The normalized spacial score (nSPS) is 16.6. The van der Waals surface area contributed by atoms with Gasteiger partial charge in [-0.2, -0.15) is 10.2 Å². The number of hydrogen-bond acceptors (Lipinski definition) is 6. The topological polar surface area (TPSA) is 73.5 Å². The van der Waals surface area contributed by atoms with Crippen LogP contribution in [0.3, 0.4) is 0 Å². The predicted octanol–water partition coefficient (Wildman–Crippen LogP) is 9.30. The molecule has 0 fully saturated rings. The molecule has 0 atom stereocenters. The molecule has 0 saturated heterocycles. The Morgan fingerprint density at radius 2 is 1.26 bits per heavy atom. The first kappa shape index (κ1) is 21.2. The molecule has 6 heteroatoms. The van der Waals surface area contributed by atoms with Crippen LogP contribution in [0.5, 0.6) is 0 Å². The molecule has 35 heavy (non-hydrogen) atoms. The number of rotatable bonds is 4. The van der Waals surface area contributed by atoms with Gasteiger partial charge in [-0.05, 0) is 63.1 Å². The molecule has 2 aliphatic rings. The van der Waals surface area contributed by atoms with E-state index in [1.165, 1.54) is 0 Å². The van der Waals surface area contributed by atoms with E-state index in [4.69, 9.17) is 0 Å². The second-order valence-electron chi connectivity index (χ2n) is 9.41. The molecule has 172 valence electrons. The highest BCUT2D eigenvalue weighted by molar-refractivity contribution is 6.09. The van der Waals surface area contributed by atoms with Crippen molar-refractivity contribution in [2.24, 2.45) is 20.5 Å². The Bertz CT molecular complexity index is 1560. The van der Waals surface area contributed by atoms with Crippen LogP contribution in [0.25, 0.3) is 21.5 Å². The van der Waals surface area contributed by atoms with Crippen LogP contribution in [0, 0.1) is 0 Å². The van der Waals surface area contributed by atoms with Gasteiger partial charge in [0.1, 0.15) is 5.66 Å². The Hall–Kier alpha value is -4.32. The third-order valence-electron chi connectivity index (χ3n) is 6.33. The lowest BCUT2D eigenvalue weighted by molar-refractivity contribution is 0.649. The van der Waals surface area contributed by atoms with Crippen LogP contribution in [-0.2, 0) is 0 Å². The number of azo groups is 2. The summed E-state index contributed by atoms with van der Waals surface area (Å²) in [6, 6.07) is 22.4. The van der Waals surface area contributed by atoms with Crippen LogP contribution in [0.1, 0.15) is 26.7 Å². The molecule has 0 bridgehead atoms. The first-order chi connectivity index (χ1) is 17.1. The number of nitrogens with zero attached hydrogens (tertiary/aromatic N) is 4. The lowest BCUT2D eigenvalue weighted by atomic mass is 10.00. The molecule has 2 N–H and O–H groups in total. The number of benzene rings is 4. The van der Waals surface area contributed by atoms with Crippen LogP contribution in [-0.4, -0.2) is 5.66 Å². The van der Waals surface area contributed by atoms with Crippen molar-refractivity contribution in [3.63, 3.8) is 0 Å². The van der Waals surface area contributed by atoms with E-state index in [1.807, 2.05) is 42.5 Å². The molecule has 6 nitrogen and oxygen atoms in total. The Morgan fingerprint density at radius 3 is 1.94 bits per heavy atom. The van der Waals surface area contributed by atoms with Gasteiger partial charge in [0.25, 0.3) is 0 Å². The Balaban J connectivity index is 1.38. The Kier molecular flexibility index (Phi) is 5.14. The van der Waals surface area contributed by atoms with Crippen molar-refractivity contribution >= 4 is 50.0 Å². The third kappa shape index (κ3) is 4.08. The third-order valence-corrected chi connectivity index (χ3v) is 6.33. The molecular weight excluding hydrogens is 432 g/mol. The number of allylic oxidation sites excluding steroid dienone is 4. The van der Waals surface area contributed by atoms with Crippen LogP contribution in [0.4, 0.5) is 28.4 Å². The van der Waals surface area contributed by atoms with Gasteiger partial charge >= 0.3 is 0 Å². The van der Waals surface area contributed by atoms with Crippen molar-refractivity contribution in [2.75, 3.05) is 10.6 Å². The highest BCUT2D eigenvalue weighted by Gasteiger charge is 2.25. The smallest absolute Gasteiger partial charge is 0.102 e. The summed E-state index contributed by atoms with van der Waals surface area (Å²) in [5.74, 6) is 0. The van der Waals surface area contributed by atoms with Gasteiger partial charge in [0.15, 0.2) is 0 Å². The molecule has 1 aliphatic carbocycles. The van der Waals surface area contributed by atoms with Crippen LogP contribution < -0.4 is 10.6 Å². The highest BCUT2D eigenvalue weighted by Crippen LogP contribution is 2.42. The summed E-state index contributed by atoms with van der Waals surface area (Å²) in [7, 11) is 0. The van der Waals surface area contributed by atoms with E-state index < -0.39 is 0 Å². The van der Waals surface area contributed by atoms with Crippen molar-refractivity contribution in [2.45, 2.75) is 32.4 Å². The van der Waals surface area contributed by atoms with Gasteiger partial charge in [-0.1, -0.05) is 48.6 Å². The molecule has 0 spiro atoms. The van der Waals surface area contributed by atoms with E-state index in [0.29, 0.717) is 0 Å². The molecule has 1 aliphatic heterocycles. The van der Waals surface area contributed by atoms with Crippen molar-refractivity contribution in [1.82, 2.24) is 0 Å². The molecule has 0 aromatic heterocycles. The van der Waals surface area contributed by atoms with Crippen LogP contribution in [0.2, 0.25) is 0 Å². The van der Waals surface area contributed by atoms with Gasteiger partial charge in [0.05, 0.1) is 22.8 Å². The summed E-state index contributed by atoms with van der Waals surface area (Å²) in [5, 5.41) is 29.7. The summed E-state index contributed by atoms with van der Waals surface area (Å²) < 4.78 is 0. The summed E-state index contributed by atoms with van der Waals surface area (Å²) in [5.41, 5.74) is 5.44. The zero-order valence-corrected chi connectivity index (χ0v) is 19.8. The van der Waals surface area contributed by atoms with E-state index in [2.05, 4.69) is 87.4 Å². The zero-order chi connectivity index (χ0) is 23.8. The highest BCUT2D eigenvalue weighted by atomic mass is 15.2. The average molecular weight is 459 g/mol. The SMILES string of the molecule is CC1(C)Nc2cccc3c(N=Nc4ccc(N=NC5=CC=CCC5)c5ccccc45)ccc(c23)N1. The molecule has 1 heterocycles. The Morgan fingerprint density at radius 1 is 0.657 bits per heavy atom. The van der Waals surface area contributed by atoms with Crippen molar-refractivity contribution in [3.05, 3.63) is 90.7 Å². The van der Waals surface area contributed by atoms with Gasteiger partial charge in [-0.25, -0.2) is 0 Å². The summed E-state index contributed by atoms with van der Waals surface area (Å²) >= 11 is 0. The molecule has 0 amide bonds. The monoisotopic (exact) mass is 458 g/mol. The zero-order valence-electron chi connectivity index (χ0n) is 19.8. The minimum absolute atomic E-state index is 0.216. The van der Waals surface area contributed by atoms with E-state index in [0.717, 1.165) is 68.5 Å². The molecular formula is C29H26N6. The predicted molar refractivity (Wildman–Crippen MR) is 144 cm³/mol. The minimum atomic E-state index is -0.216. The fraction of sp³-hybridized carbons (Fsp3) is 0.172. The molecule has 0 saturated carbocycles. The maximum Gasteiger partial charge on any atom is 0.102 e. The van der Waals surface area contributed by atoms with Crippen LogP contribution in [0.15, 0.2) is 111 Å². The number of hydrogen-bond donors (Lipinski definition) is 2. The molecule has 4 aromatic carbocycles. The second kappa shape index (κ2) is 8.47. The molecule has 6 rings (SSSR count). The number of anilines is 2. The van der Waals surface area contributed by atoms with Crippen molar-refractivity contribution in [1.29, 1.82) is 0 Å². The lowest BCUT2D eigenvalue weighted by Gasteiger charge is -2.36. The Labute approximate surface area is 204 Å². The largest absolute Gasteiger partial charge is 0.363 e. The van der Waals surface area contributed by atoms with E-state index in [1.54, 1.807) is 0 Å². The number of nitrogens with one attached hydrogen (secondary N) is 2. The van der Waals surface area contributed by atoms with E-state index in [9.17, 15) is 0 Å². The average Bonchev–Trinajstić information content (AvgIpc) is 2.87. The van der Waals surface area contributed by atoms with Gasteiger partial charge in [-0.3, -0.25) is 0 Å². The van der Waals surface area contributed by atoms with Gasteiger partial charge in [0.2, 0.25) is 0 Å². The maximum absolute atomic E-state index is 4.68. The van der Waals surface area contributed by atoms with Gasteiger partial charge in [0, 0.05) is 32.9 Å². The fourth-order valence-corrected chi connectivity index (χ4v) is 4.73. The summed E-state index contributed by atoms with van der Waals surface area (Å²) in [6.45, 7) is 4.25. The first-order valence-corrected chi connectivity index (χ1v) is 11.9. The minimum Gasteiger partial charge on any atom is -0.363 e. The second-order valence-corrected chi connectivity index (χ2v) is 9.41. The van der Waals surface area contributed by atoms with Crippen molar-refractivity contribution in [3.8, 4) is 0 Å². The lowest BCUT2D eigenvalue weighted by Crippen LogP contribution is -2.41. The van der Waals surface area contributed by atoms with E-state index in [-0.39, 0.29) is 5.66 Å². The van der Waals surface area contributed by atoms with Gasteiger partial charge in [-0.15, -0.1) is 10.2 Å². The summed E-state index contributed by atoms with van der Waals surface area (Å²) in [4.78, 5) is 0. The van der Waals surface area contributed by atoms with E-state index >= 15 is 0 Å². The maximum atomic E-state index is 4.68. The standard InChI is InChI=1S/C29H26N6/c1-29(2)30-26-14-8-13-22-25(17-18-27(31-29)28(22)26)35-34-24-16-15-23(20-11-6-7-12-21(20)24)33-32-19-9-4-3-5-10-19/h3-4,6-9,11-18,30-31H,5,10H2,1-2H3. The fourth-order valence-electron chi connectivity index (χ4n) is 4.73. The quantitative estimate of drug-likeness (QED) is 0.299. The van der Waals surface area contributed by atoms with Crippen LogP contribution >= 0.6 is 0 Å². The van der Waals surface area contributed by atoms with Gasteiger partial charge < -0.3 is 10.6 Å². The molecule has 0 unspecified atom stereocenters. The summed E-state index contributed by atoms with van der Waals surface area (Å²) in [6.07, 6.45) is 8.12. The molecule has 4 aromatic rings.